The van der Waals surface area contributed by atoms with Crippen molar-refractivity contribution in [3.05, 3.63) is 23.8 Å². The number of ether oxygens (including phenoxy) is 1. The van der Waals surface area contributed by atoms with Gasteiger partial charge in [-0.1, -0.05) is 26.8 Å². The molecule has 0 unspecified atom stereocenters. The van der Waals surface area contributed by atoms with E-state index in [0.717, 1.165) is 11.4 Å². The molecule has 0 bridgehead atoms. The normalized spacial score (nSPS) is 11.1. The number of Topliss-reactive ketones (excluding diaryl/α,β-unsaturated/α-hetero) is 1. The molecule has 0 saturated heterocycles. The molecule has 1 aromatic rings. The van der Waals surface area contributed by atoms with Crippen molar-refractivity contribution in [1.82, 2.24) is 0 Å². The van der Waals surface area contributed by atoms with Gasteiger partial charge in [-0.15, -0.1) is 0 Å². The Bertz CT molecular complexity index is 405. The summed E-state index contributed by atoms with van der Waals surface area (Å²) in [7, 11) is 1.63. The Hall–Kier alpha value is -1.51. The molecule has 0 radical (unpaired) electrons. The van der Waals surface area contributed by atoms with Crippen molar-refractivity contribution in [1.29, 1.82) is 0 Å². The minimum absolute atomic E-state index is 0.0823. The Balaban J connectivity index is 3.02. The fraction of sp³-hybridized carbons (Fsp3) is 0.500. The van der Waals surface area contributed by atoms with E-state index in [-0.39, 0.29) is 11.2 Å². The van der Waals surface area contributed by atoms with Crippen LogP contribution >= 0.6 is 0 Å². The van der Waals surface area contributed by atoms with Crippen LogP contribution in [0.3, 0.4) is 0 Å². The Morgan fingerprint density at radius 3 is 2.47 bits per heavy atom. The number of carbonyl (C=O) groups excluding carboxylic acids is 1. The van der Waals surface area contributed by atoms with Crippen LogP contribution in [0.25, 0.3) is 0 Å². The van der Waals surface area contributed by atoms with Gasteiger partial charge in [0.15, 0.2) is 0 Å². The van der Waals surface area contributed by atoms with Crippen LogP contribution in [0.1, 0.15) is 33.3 Å². The number of methoxy groups -OCH3 is 1. The Morgan fingerprint density at radius 1 is 1.35 bits per heavy atom. The summed E-state index contributed by atoms with van der Waals surface area (Å²) >= 11 is 0. The van der Waals surface area contributed by atoms with Crippen LogP contribution in [-0.2, 0) is 10.2 Å². The van der Waals surface area contributed by atoms with Crippen molar-refractivity contribution in [2.75, 3.05) is 19.0 Å². The van der Waals surface area contributed by atoms with E-state index in [9.17, 15) is 4.79 Å². The number of carbonyl (C=O) groups is 1. The molecular formula is C14H21NO2. The molecule has 0 atom stereocenters. The average Bonchev–Trinajstić information content (AvgIpc) is 2.24. The second-order valence-electron chi connectivity index (χ2n) is 5.22. The summed E-state index contributed by atoms with van der Waals surface area (Å²) in [5.74, 6) is 0.868. The molecule has 0 aliphatic rings. The van der Waals surface area contributed by atoms with Gasteiger partial charge in [0.25, 0.3) is 0 Å². The summed E-state index contributed by atoms with van der Waals surface area (Å²) in [5.41, 5.74) is 2.17. The fourth-order valence-corrected chi connectivity index (χ4v) is 1.53. The van der Waals surface area contributed by atoms with E-state index in [4.69, 9.17) is 4.74 Å². The first-order valence-corrected chi connectivity index (χ1v) is 5.76. The summed E-state index contributed by atoms with van der Waals surface area (Å²) in [6.07, 6.45) is 0. The minimum Gasteiger partial charge on any atom is -0.495 e. The Kier molecular flexibility index (Phi) is 4.16. The predicted octanol–water partition coefficient (Wildman–Crippen LogP) is 2.99. The van der Waals surface area contributed by atoms with E-state index in [0.29, 0.717) is 6.54 Å². The number of rotatable bonds is 4. The van der Waals surface area contributed by atoms with E-state index >= 15 is 0 Å². The number of benzene rings is 1. The fourth-order valence-electron chi connectivity index (χ4n) is 1.53. The summed E-state index contributed by atoms with van der Waals surface area (Å²) < 4.78 is 5.27. The molecule has 0 aliphatic carbocycles. The molecule has 0 saturated carbocycles. The maximum atomic E-state index is 11.0. The lowest BCUT2D eigenvalue weighted by molar-refractivity contribution is -0.115. The van der Waals surface area contributed by atoms with Gasteiger partial charge in [0.2, 0.25) is 0 Å². The number of hydrogen-bond donors (Lipinski definition) is 1. The maximum absolute atomic E-state index is 11.0. The molecule has 3 heteroatoms. The van der Waals surface area contributed by atoms with Gasteiger partial charge in [0.05, 0.1) is 19.3 Å². The molecule has 0 heterocycles. The van der Waals surface area contributed by atoms with Gasteiger partial charge in [-0.2, -0.15) is 0 Å². The molecule has 0 aliphatic heterocycles. The number of hydrogen-bond acceptors (Lipinski definition) is 3. The van der Waals surface area contributed by atoms with E-state index in [1.54, 1.807) is 14.0 Å². The van der Waals surface area contributed by atoms with Crippen LogP contribution < -0.4 is 10.1 Å². The zero-order chi connectivity index (χ0) is 13.1. The van der Waals surface area contributed by atoms with Gasteiger partial charge in [-0.25, -0.2) is 0 Å². The topological polar surface area (TPSA) is 38.3 Å². The summed E-state index contributed by atoms with van der Waals surface area (Å²) in [5, 5.41) is 3.10. The summed E-state index contributed by atoms with van der Waals surface area (Å²) in [4.78, 5) is 11.0. The van der Waals surface area contributed by atoms with Crippen molar-refractivity contribution in [2.24, 2.45) is 0 Å². The second kappa shape index (κ2) is 5.21. The zero-order valence-corrected chi connectivity index (χ0v) is 11.3. The molecule has 1 aromatic carbocycles. The second-order valence-corrected chi connectivity index (χ2v) is 5.22. The van der Waals surface area contributed by atoms with E-state index < -0.39 is 0 Å². The first-order chi connectivity index (χ1) is 7.84. The molecule has 94 valence electrons. The van der Waals surface area contributed by atoms with Gasteiger partial charge in [-0.05, 0) is 30.0 Å². The number of anilines is 1. The SMILES string of the molecule is COc1ccc(C(C)(C)C)cc1NCC(C)=O. The van der Waals surface area contributed by atoms with Gasteiger partial charge >= 0.3 is 0 Å². The minimum atomic E-state index is 0.0823. The van der Waals surface area contributed by atoms with Crippen LogP contribution in [0, 0.1) is 0 Å². The third kappa shape index (κ3) is 3.77. The lowest BCUT2D eigenvalue weighted by Gasteiger charge is -2.21. The Morgan fingerprint density at radius 2 is 2.00 bits per heavy atom. The third-order valence-corrected chi connectivity index (χ3v) is 2.59. The van der Waals surface area contributed by atoms with Crippen LogP contribution in [0.15, 0.2) is 18.2 Å². The molecule has 17 heavy (non-hydrogen) atoms. The van der Waals surface area contributed by atoms with Crippen LogP contribution in [0.4, 0.5) is 5.69 Å². The van der Waals surface area contributed by atoms with Crippen molar-refractivity contribution < 1.29 is 9.53 Å². The highest BCUT2D eigenvalue weighted by Gasteiger charge is 2.15. The highest BCUT2D eigenvalue weighted by atomic mass is 16.5. The van der Waals surface area contributed by atoms with E-state index in [1.165, 1.54) is 5.56 Å². The molecule has 0 fully saturated rings. The third-order valence-electron chi connectivity index (χ3n) is 2.59. The van der Waals surface area contributed by atoms with Crippen molar-refractivity contribution in [3.8, 4) is 5.75 Å². The molecular weight excluding hydrogens is 214 g/mol. The quantitative estimate of drug-likeness (QED) is 0.872. The molecule has 0 amide bonds. The number of nitrogens with one attached hydrogen (secondary N) is 1. The van der Waals surface area contributed by atoms with Crippen molar-refractivity contribution in [3.63, 3.8) is 0 Å². The lowest BCUT2D eigenvalue weighted by atomic mass is 9.87. The van der Waals surface area contributed by atoms with Gasteiger partial charge < -0.3 is 10.1 Å². The van der Waals surface area contributed by atoms with E-state index in [2.05, 4.69) is 32.2 Å². The maximum Gasteiger partial charge on any atom is 0.148 e. The predicted molar refractivity (Wildman–Crippen MR) is 70.9 cm³/mol. The zero-order valence-electron chi connectivity index (χ0n) is 11.3. The van der Waals surface area contributed by atoms with Gasteiger partial charge in [0.1, 0.15) is 11.5 Å². The largest absolute Gasteiger partial charge is 0.495 e. The van der Waals surface area contributed by atoms with Crippen LogP contribution in [0.5, 0.6) is 5.75 Å². The van der Waals surface area contributed by atoms with Gasteiger partial charge in [-0.3, -0.25) is 4.79 Å². The van der Waals surface area contributed by atoms with Crippen LogP contribution in [0.2, 0.25) is 0 Å². The molecule has 3 nitrogen and oxygen atoms in total. The lowest BCUT2D eigenvalue weighted by Crippen LogP contribution is -2.14. The summed E-state index contributed by atoms with van der Waals surface area (Å²) in [6.45, 7) is 8.35. The first kappa shape index (κ1) is 13.6. The van der Waals surface area contributed by atoms with Gasteiger partial charge in [0, 0.05) is 0 Å². The molecule has 0 aromatic heterocycles. The highest BCUT2D eigenvalue weighted by Crippen LogP contribution is 2.31. The van der Waals surface area contributed by atoms with Crippen molar-refractivity contribution in [2.45, 2.75) is 33.1 Å². The van der Waals surface area contributed by atoms with Crippen LogP contribution in [-0.4, -0.2) is 19.4 Å². The smallest absolute Gasteiger partial charge is 0.148 e. The average molecular weight is 235 g/mol. The monoisotopic (exact) mass is 235 g/mol. The summed E-state index contributed by atoms with van der Waals surface area (Å²) in [6, 6.07) is 6.03. The first-order valence-electron chi connectivity index (χ1n) is 5.76. The number of ketones is 1. The molecule has 1 rings (SSSR count). The molecule has 1 N–H and O–H groups in total. The Labute approximate surface area is 103 Å². The highest BCUT2D eigenvalue weighted by molar-refractivity contribution is 5.81. The van der Waals surface area contributed by atoms with E-state index in [1.807, 2.05) is 12.1 Å². The molecule has 0 spiro atoms. The standard InChI is InChI=1S/C14H21NO2/c1-10(16)9-15-12-8-11(14(2,3)4)6-7-13(12)17-5/h6-8,15H,9H2,1-5H3. The van der Waals surface area contributed by atoms with Crippen molar-refractivity contribution >= 4 is 11.5 Å².